The number of carbonyl (C=O) groups is 2. The van der Waals surface area contributed by atoms with Crippen molar-refractivity contribution in [2.75, 3.05) is 55.4 Å². The van der Waals surface area contributed by atoms with Gasteiger partial charge in [-0.1, -0.05) is 6.07 Å². The van der Waals surface area contributed by atoms with Crippen molar-refractivity contribution in [1.82, 2.24) is 14.8 Å². The lowest BCUT2D eigenvalue weighted by Crippen LogP contribution is -2.45. The molecule has 0 aliphatic carbocycles. The number of anilines is 2. The number of halogens is 2. The zero-order valence-corrected chi connectivity index (χ0v) is 22.8. The van der Waals surface area contributed by atoms with E-state index in [1.54, 1.807) is 12.1 Å². The Morgan fingerprint density at radius 2 is 1.68 bits per heavy atom. The fourth-order valence-corrected chi connectivity index (χ4v) is 5.94. The lowest BCUT2D eigenvalue weighted by molar-refractivity contribution is -0.114. The number of hydrogen-bond acceptors (Lipinski definition) is 8. The van der Waals surface area contributed by atoms with Crippen molar-refractivity contribution in [2.45, 2.75) is 9.79 Å². The number of rotatable bonds is 7. The van der Waals surface area contributed by atoms with E-state index in [1.165, 1.54) is 29.2 Å². The molecule has 1 aliphatic heterocycles. The van der Waals surface area contributed by atoms with Gasteiger partial charge in [-0.15, -0.1) is 0 Å². The highest BCUT2D eigenvalue weighted by Gasteiger charge is 2.24. The fraction of sp³-hybridized carbons (Fsp3) is 0.222. The second kappa shape index (κ2) is 11.2. The lowest BCUT2D eigenvalue weighted by atomic mass is 10.1. The molecule has 14 heteroatoms. The first-order valence-corrected chi connectivity index (χ1v) is 14.1. The van der Waals surface area contributed by atoms with Gasteiger partial charge < -0.3 is 20.9 Å². The maximum Gasteiger partial charge on any atom is 0.273 e. The van der Waals surface area contributed by atoms with Gasteiger partial charge in [0.2, 0.25) is 15.7 Å². The van der Waals surface area contributed by atoms with Gasteiger partial charge in [0.15, 0.2) is 0 Å². The first kappa shape index (κ1) is 28.1. The van der Waals surface area contributed by atoms with Crippen LogP contribution in [0.25, 0.3) is 10.9 Å². The van der Waals surface area contributed by atoms with E-state index in [9.17, 15) is 26.8 Å². The molecule has 0 saturated carbocycles. The van der Waals surface area contributed by atoms with Gasteiger partial charge in [-0.3, -0.25) is 9.59 Å². The van der Waals surface area contributed by atoms with Gasteiger partial charge in [0.05, 0.1) is 45.0 Å². The molecular formula is C27H27F2N7O4S. The van der Waals surface area contributed by atoms with Crippen molar-refractivity contribution < 1.29 is 26.8 Å². The summed E-state index contributed by atoms with van der Waals surface area (Å²) in [4.78, 5) is 30.5. The second-order valence-corrected chi connectivity index (χ2v) is 11.5. The van der Waals surface area contributed by atoms with E-state index in [0.29, 0.717) is 41.4 Å². The molecule has 0 unspecified atom stereocenters. The fourth-order valence-electron chi connectivity index (χ4n) is 4.61. The standard InChI is InChI=1S/C27H27F2N7O4S/c1-34-7-9-35(10-8-34)24-4-2-3-22(26(24)32-25(37)15-30)27(38)33-36-23-6-5-20(11-17(23)16-31-36)41(39,40)21-13-18(28)12-19(29)14-21/h2-6,11-14,16H,7-10,15,30H2,1H3,(H,32,37)(H,33,38). The summed E-state index contributed by atoms with van der Waals surface area (Å²) in [6, 6.07) is 11.1. The van der Waals surface area contributed by atoms with E-state index in [4.69, 9.17) is 5.73 Å². The minimum atomic E-state index is -4.23. The van der Waals surface area contributed by atoms with E-state index in [2.05, 4.69) is 25.6 Å². The number of amides is 2. The molecule has 2 amide bonds. The minimum absolute atomic E-state index is 0.180. The van der Waals surface area contributed by atoms with Crippen molar-refractivity contribution in [1.29, 1.82) is 0 Å². The molecule has 0 bridgehead atoms. The smallest absolute Gasteiger partial charge is 0.273 e. The SMILES string of the molecule is CN1CCN(c2cccc(C(=O)Nn3ncc4cc(S(=O)(=O)c5cc(F)cc(F)c5)ccc43)c2NC(=O)CN)CC1. The average molecular weight is 584 g/mol. The van der Waals surface area contributed by atoms with Crippen LogP contribution in [0.3, 0.4) is 0 Å². The number of nitrogens with one attached hydrogen (secondary N) is 2. The molecule has 2 heterocycles. The summed E-state index contributed by atoms with van der Waals surface area (Å²) in [5, 5.41) is 7.26. The van der Waals surface area contributed by atoms with Gasteiger partial charge in [0, 0.05) is 37.6 Å². The molecule has 0 radical (unpaired) electrons. The molecule has 0 spiro atoms. The maximum atomic E-state index is 13.7. The zero-order chi connectivity index (χ0) is 29.3. The Bertz CT molecular complexity index is 1730. The topological polar surface area (TPSA) is 143 Å². The number of sulfone groups is 1. The lowest BCUT2D eigenvalue weighted by Gasteiger charge is -2.35. The Morgan fingerprint density at radius 3 is 2.37 bits per heavy atom. The normalized spacial score (nSPS) is 14.3. The molecule has 0 atom stereocenters. The van der Waals surface area contributed by atoms with Crippen LogP contribution in [0.2, 0.25) is 0 Å². The number of nitrogens with zero attached hydrogens (tertiary/aromatic N) is 4. The summed E-state index contributed by atoms with van der Waals surface area (Å²) in [5.74, 6) is -3.07. The molecule has 1 saturated heterocycles. The Balaban J connectivity index is 1.45. The van der Waals surface area contributed by atoms with Gasteiger partial charge in [-0.05, 0) is 49.5 Å². The third-order valence-corrected chi connectivity index (χ3v) is 8.52. The number of likely N-dealkylation sites (N-methyl/N-ethyl adjacent to an activating group) is 1. The number of aromatic nitrogens is 2. The number of benzene rings is 3. The largest absolute Gasteiger partial charge is 0.367 e. The molecule has 4 N–H and O–H groups in total. The summed E-state index contributed by atoms with van der Waals surface area (Å²) < 4.78 is 53.3. The van der Waals surface area contributed by atoms with Crippen LogP contribution in [0, 0.1) is 11.6 Å². The van der Waals surface area contributed by atoms with Crippen LogP contribution < -0.4 is 21.4 Å². The second-order valence-electron chi connectivity index (χ2n) is 9.57. The highest BCUT2D eigenvalue weighted by molar-refractivity contribution is 7.91. The van der Waals surface area contributed by atoms with Crippen molar-refractivity contribution in [3.63, 3.8) is 0 Å². The number of para-hydroxylation sites is 1. The number of carbonyl (C=O) groups excluding carboxylic acids is 2. The summed E-state index contributed by atoms with van der Waals surface area (Å²) >= 11 is 0. The maximum absolute atomic E-state index is 13.7. The molecule has 41 heavy (non-hydrogen) atoms. The van der Waals surface area contributed by atoms with Gasteiger partial charge in [0.1, 0.15) is 11.6 Å². The van der Waals surface area contributed by atoms with Crippen LogP contribution >= 0.6 is 0 Å². The summed E-state index contributed by atoms with van der Waals surface area (Å²) in [7, 11) is -2.21. The minimum Gasteiger partial charge on any atom is -0.367 e. The highest BCUT2D eigenvalue weighted by atomic mass is 32.2. The van der Waals surface area contributed by atoms with E-state index in [-0.39, 0.29) is 17.0 Å². The average Bonchev–Trinajstić information content (AvgIpc) is 3.34. The Kier molecular flexibility index (Phi) is 7.71. The number of nitrogens with two attached hydrogens (primary N) is 1. The highest BCUT2D eigenvalue weighted by Crippen LogP contribution is 2.31. The van der Waals surface area contributed by atoms with Gasteiger partial charge in [-0.2, -0.15) is 9.89 Å². The van der Waals surface area contributed by atoms with E-state index in [0.717, 1.165) is 25.2 Å². The summed E-state index contributed by atoms with van der Waals surface area (Å²) in [5.41, 5.74) is 9.74. The Labute approximate surface area is 234 Å². The molecule has 11 nitrogen and oxygen atoms in total. The van der Waals surface area contributed by atoms with Crippen LogP contribution in [0.1, 0.15) is 10.4 Å². The quantitative estimate of drug-likeness (QED) is 0.301. The number of piperazine rings is 1. The Morgan fingerprint density at radius 1 is 0.976 bits per heavy atom. The first-order chi connectivity index (χ1) is 19.6. The summed E-state index contributed by atoms with van der Waals surface area (Å²) in [6.07, 6.45) is 1.35. The molecule has 214 valence electrons. The van der Waals surface area contributed by atoms with E-state index >= 15 is 0 Å². The van der Waals surface area contributed by atoms with Crippen LogP contribution in [0.4, 0.5) is 20.2 Å². The van der Waals surface area contributed by atoms with Gasteiger partial charge in [0.25, 0.3) is 5.91 Å². The van der Waals surface area contributed by atoms with Crippen molar-refractivity contribution in [3.05, 3.63) is 78.0 Å². The third kappa shape index (κ3) is 5.75. The summed E-state index contributed by atoms with van der Waals surface area (Å²) in [6.45, 7) is 2.75. The molecule has 5 rings (SSSR count). The van der Waals surface area contributed by atoms with Crippen molar-refractivity contribution in [3.8, 4) is 0 Å². The van der Waals surface area contributed by atoms with Crippen LogP contribution in [-0.2, 0) is 14.6 Å². The van der Waals surface area contributed by atoms with Crippen molar-refractivity contribution >= 4 is 43.9 Å². The van der Waals surface area contributed by atoms with Gasteiger partial charge in [-0.25, -0.2) is 22.6 Å². The zero-order valence-electron chi connectivity index (χ0n) is 22.0. The third-order valence-electron chi connectivity index (χ3n) is 6.78. The monoisotopic (exact) mass is 583 g/mol. The first-order valence-electron chi connectivity index (χ1n) is 12.6. The molecule has 1 aliphatic rings. The predicted octanol–water partition coefficient (Wildman–Crippen LogP) is 2.18. The molecule has 1 fully saturated rings. The molecule has 4 aromatic rings. The predicted molar refractivity (Wildman–Crippen MR) is 149 cm³/mol. The Hall–Kier alpha value is -4.40. The number of fused-ring (bicyclic) bond motifs is 1. The van der Waals surface area contributed by atoms with E-state index in [1.807, 2.05) is 13.1 Å². The number of hydrogen-bond donors (Lipinski definition) is 3. The van der Waals surface area contributed by atoms with Crippen molar-refractivity contribution in [2.24, 2.45) is 5.73 Å². The van der Waals surface area contributed by atoms with Crippen LogP contribution in [0.15, 0.2) is 70.6 Å². The molecule has 3 aromatic carbocycles. The molecular weight excluding hydrogens is 556 g/mol. The van der Waals surface area contributed by atoms with Crippen LogP contribution in [-0.4, -0.2) is 74.8 Å². The van der Waals surface area contributed by atoms with E-state index < -0.39 is 38.2 Å². The van der Waals surface area contributed by atoms with Gasteiger partial charge >= 0.3 is 0 Å². The molecule has 1 aromatic heterocycles. The van der Waals surface area contributed by atoms with Crippen LogP contribution in [0.5, 0.6) is 0 Å².